The number of aromatic amines is 1. The van der Waals surface area contributed by atoms with Gasteiger partial charge in [-0.15, -0.1) is 0 Å². The van der Waals surface area contributed by atoms with Gasteiger partial charge in [0.15, 0.2) is 5.69 Å². The largest absolute Gasteiger partial charge is 0.395 e. The molecule has 0 saturated heterocycles. The van der Waals surface area contributed by atoms with Crippen LogP contribution in [0, 0.1) is 5.92 Å². The van der Waals surface area contributed by atoms with Gasteiger partial charge < -0.3 is 11.1 Å². The van der Waals surface area contributed by atoms with E-state index in [1.165, 1.54) is 19.3 Å². The monoisotopic (exact) mass is 278 g/mol. The molecule has 4 N–H and O–H groups in total. The highest BCUT2D eigenvalue weighted by molar-refractivity contribution is 5.97. The van der Waals surface area contributed by atoms with Crippen LogP contribution in [-0.2, 0) is 0 Å². The van der Waals surface area contributed by atoms with Crippen LogP contribution >= 0.6 is 0 Å². The lowest BCUT2D eigenvalue weighted by Gasteiger charge is -2.31. The van der Waals surface area contributed by atoms with E-state index in [0.29, 0.717) is 17.3 Å². The molecule has 5 heteroatoms. The molecule has 2 atom stereocenters. The maximum Gasteiger partial charge on any atom is 0.274 e. The molecule has 1 saturated carbocycles. The Morgan fingerprint density at radius 3 is 2.75 bits per heavy atom. The molecule has 1 aliphatic rings. The number of amides is 1. The van der Waals surface area contributed by atoms with Gasteiger partial charge in [0, 0.05) is 6.04 Å². The van der Waals surface area contributed by atoms with Gasteiger partial charge in [-0.3, -0.25) is 9.89 Å². The Morgan fingerprint density at radius 2 is 2.15 bits per heavy atom. The number of aromatic nitrogens is 2. The van der Waals surface area contributed by atoms with Crippen molar-refractivity contribution in [3.63, 3.8) is 0 Å². The van der Waals surface area contributed by atoms with Gasteiger partial charge in [-0.1, -0.05) is 40.0 Å². The van der Waals surface area contributed by atoms with Gasteiger partial charge >= 0.3 is 0 Å². The SMILES string of the molecule is CCC1CCCCC1NC(=O)c1n[nH]c(C(C)C)c1N. The van der Waals surface area contributed by atoms with Crippen molar-refractivity contribution in [2.45, 2.75) is 64.8 Å². The Hall–Kier alpha value is -1.52. The second-order valence-corrected chi connectivity index (χ2v) is 6.09. The van der Waals surface area contributed by atoms with E-state index in [9.17, 15) is 4.79 Å². The molecule has 1 aromatic heterocycles. The predicted molar refractivity (Wildman–Crippen MR) is 80.6 cm³/mol. The van der Waals surface area contributed by atoms with E-state index in [1.807, 2.05) is 13.8 Å². The zero-order chi connectivity index (χ0) is 14.7. The third-order valence-electron chi connectivity index (χ3n) is 4.38. The molecule has 0 radical (unpaired) electrons. The first kappa shape index (κ1) is 14.9. The number of nitrogens with two attached hydrogens (primary N) is 1. The lowest BCUT2D eigenvalue weighted by Crippen LogP contribution is -2.42. The summed E-state index contributed by atoms with van der Waals surface area (Å²) in [6.45, 7) is 6.24. The van der Waals surface area contributed by atoms with Crippen LogP contribution in [0.5, 0.6) is 0 Å². The first-order chi connectivity index (χ1) is 9.54. The van der Waals surface area contributed by atoms with Gasteiger partial charge in [-0.2, -0.15) is 5.10 Å². The van der Waals surface area contributed by atoms with Crippen LogP contribution in [0.2, 0.25) is 0 Å². The van der Waals surface area contributed by atoms with Crippen LogP contribution in [0.25, 0.3) is 0 Å². The summed E-state index contributed by atoms with van der Waals surface area (Å²) in [5.41, 5.74) is 7.69. The quantitative estimate of drug-likeness (QED) is 0.791. The number of carbonyl (C=O) groups is 1. The van der Waals surface area contributed by atoms with Gasteiger partial charge in [0.2, 0.25) is 0 Å². The highest BCUT2D eigenvalue weighted by atomic mass is 16.2. The molecule has 0 aromatic carbocycles. The average molecular weight is 278 g/mol. The maximum atomic E-state index is 12.4. The first-order valence-electron chi connectivity index (χ1n) is 7.69. The summed E-state index contributed by atoms with van der Waals surface area (Å²) >= 11 is 0. The van der Waals surface area contributed by atoms with E-state index in [0.717, 1.165) is 18.5 Å². The number of hydrogen-bond donors (Lipinski definition) is 3. The van der Waals surface area contributed by atoms with E-state index in [4.69, 9.17) is 5.73 Å². The Bertz CT molecular complexity index is 466. The van der Waals surface area contributed by atoms with Gasteiger partial charge in [-0.25, -0.2) is 0 Å². The zero-order valence-corrected chi connectivity index (χ0v) is 12.7. The van der Waals surface area contributed by atoms with E-state index >= 15 is 0 Å². The molecule has 112 valence electrons. The topological polar surface area (TPSA) is 83.8 Å². The number of carbonyl (C=O) groups excluding carboxylic acids is 1. The van der Waals surface area contributed by atoms with Crippen molar-refractivity contribution < 1.29 is 4.79 Å². The Labute approximate surface area is 120 Å². The molecular weight excluding hydrogens is 252 g/mol. The number of rotatable bonds is 4. The lowest BCUT2D eigenvalue weighted by atomic mass is 9.83. The molecule has 0 aliphatic heterocycles. The van der Waals surface area contributed by atoms with Crippen LogP contribution in [-0.4, -0.2) is 22.1 Å². The van der Waals surface area contributed by atoms with Crippen LogP contribution in [0.1, 0.15) is 75.0 Å². The van der Waals surface area contributed by atoms with Crippen molar-refractivity contribution in [3.05, 3.63) is 11.4 Å². The van der Waals surface area contributed by atoms with Gasteiger partial charge in [0.1, 0.15) is 0 Å². The van der Waals surface area contributed by atoms with Gasteiger partial charge in [0.05, 0.1) is 11.4 Å². The molecule has 20 heavy (non-hydrogen) atoms. The van der Waals surface area contributed by atoms with E-state index in [-0.39, 0.29) is 17.9 Å². The molecule has 1 fully saturated rings. The summed E-state index contributed by atoms with van der Waals surface area (Å²) in [5, 5.41) is 10.1. The highest BCUT2D eigenvalue weighted by Gasteiger charge is 2.27. The molecule has 5 nitrogen and oxygen atoms in total. The number of nitrogen functional groups attached to an aromatic ring is 1. The molecule has 2 unspecified atom stereocenters. The van der Waals surface area contributed by atoms with Crippen molar-refractivity contribution in [2.75, 3.05) is 5.73 Å². The normalized spacial score (nSPS) is 23.0. The van der Waals surface area contributed by atoms with Crippen molar-refractivity contribution >= 4 is 11.6 Å². The fourth-order valence-corrected chi connectivity index (χ4v) is 3.10. The molecule has 1 heterocycles. The smallest absolute Gasteiger partial charge is 0.274 e. The lowest BCUT2D eigenvalue weighted by molar-refractivity contribution is 0.0900. The maximum absolute atomic E-state index is 12.4. The fourth-order valence-electron chi connectivity index (χ4n) is 3.10. The standard InChI is InChI=1S/C15H26N4O/c1-4-10-7-5-6-8-11(10)17-15(20)14-12(16)13(9(2)3)18-19-14/h9-11H,4-8,16H2,1-3H3,(H,17,20)(H,18,19). The van der Waals surface area contributed by atoms with Crippen LogP contribution in [0.15, 0.2) is 0 Å². The summed E-state index contributed by atoms with van der Waals surface area (Å²) in [5.74, 6) is 0.676. The van der Waals surface area contributed by atoms with Crippen LogP contribution < -0.4 is 11.1 Å². The second kappa shape index (κ2) is 6.29. The molecule has 1 aromatic rings. The fraction of sp³-hybridized carbons (Fsp3) is 0.733. The van der Waals surface area contributed by atoms with Crippen LogP contribution in [0.4, 0.5) is 5.69 Å². The third kappa shape index (κ3) is 2.97. The Kier molecular flexibility index (Phi) is 4.68. The minimum Gasteiger partial charge on any atom is -0.395 e. The minimum absolute atomic E-state index is 0.143. The van der Waals surface area contributed by atoms with Crippen molar-refractivity contribution in [1.82, 2.24) is 15.5 Å². The minimum atomic E-state index is -0.143. The predicted octanol–water partition coefficient (Wildman–Crippen LogP) is 2.81. The Morgan fingerprint density at radius 1 is 1.45 bits per heavy atom. The van der Waals surface area contributed by atoms with Crippen molar-refractivity contribution in [3.8, 4) is 0 Å². The third-order valence-corrected chi connectivity index (χ3v) is 4.38. The number of H-pyrrole nitrogens is 1. The average Bonchev–Trinajstić information content (AvgIpc) is 2.81. The molecule has 1 aliphatic carbocycles. The molecule has 2 rings (SSSR count). The van der Waals surface area contributed by atoms with E-state index in [1.54, 1.807) is 0 Å². The molecular formula is C15H26N4O. The molecule has 1 amide bonds. The Balaban J connectivity index is 2.08. The summed E-state index contributed by atoms with van der Waals surface area (Å²) < 4.78 is 0. The summed E-state index contributed by atoms with van der Waals surface area (Å²) in [7, 11) is 0. The molecule has 0 spiro atoms. The first-order valence-corrected chi connectivity index (χ1v) is 7.69. The number of anilines is 1. The highest BCUT2D eigenvalue weighted by Crippen LogP contribution is 2.28. The van der Waals surface area contributed by atoms with Gasteiger partial charge in [-0.05, 0) is 24.7 Å². The number of nitrogens with one attached hydrogen (secondary N) is 2. The van der Waals surface area contributed by atoms with Crippen LogP contribution in [0.3, 0.4) is 0 Å². The second-order valence-electron chi connectivity index (χ2n) is 6.09. The number of hydrogen-bond acceptors (Lipinski definition) is 3. The molecule has 0 bridgehead atoms. The summed E-state index contributed by atoms with van der Waals surface area (Å²) in [4.78, 5) is 12.4. The van der Waals surface area contributed by atoms with Crippen molar-refractivity contribution in [2.24, 2.45) is 5.92 Å². The van der Waals surface area contributed by atoms with Crippen molar-refractivity contribution in [1.29, 1.82) is 0 Å². The summed E-state index contributed by atoms with van der Waals surface area (Å²) in [6.07, 6.45) is 5.83. The van der Waals surface area contributed by atoms with E-state index < -0.39 is 0 Å². The zero-order valence-electron chi connectivity index (χ0n) is 12.7. The number of nitrogens with zero attached hydrogens (tertiary/aromatic N) is 1. The van der Waals surface area contributed by atoms with E-state index in [2.05, 4.69) is 22.4 Å². The van der Waals surface area contributed by atoms with Gasteiger partial charge in [0.25, 0.3) is 5.91 Å². The summed E-state index contributed by atoms with van der Waals surface area (Å²) in [6, 6.07) is 0.264.